The predicted molar refractivity (Wildman–Crippen MR) is 103 cm³/mol. The smallest absolute Gasteiger partial charge is 0.254 e. The number of halogens is 1. The van der Waals surface area contributed by atoms with Crippen molar-refractivity contribution in [2.24, 2.45) is 0 Å². The van der Waals surface area contributed by atoms with Crippen molar-refractivity contribution in [2.75, 3.05) is 39.8 Å². The predicted octanol–water partition coefficient (Wildman–Crippen LogP) is 0.760. The van der Waals surface area contributed by atoms with E-state index in [-0.39, 0.29) is 24.0 Å². The van der Waals surface area contributed by atoms with Gasteiger partial charge < -0.3 is 14.5 Å². The van der Waals surface area contributed by atoms with Crippen molar-refractivity contribution < 1.29 is 23.3 Å². The molecule has 3 heterocycles. The van der Waals surface area contributed by atoms with Gasteiger partial charge >= 0.3 is 0 Å². The average molecular weight is 417 g/mol. The SMILES string of the molecule is Cc1nonc1CN1CCN(C(=O)C2OCC(=O)N(C)C2c2ccccc2F)CC1. The first-order valence-electron chi connectivity index (χ1n) is 9.86. The maximum atomic E-state index is 14.5. The van der Waals surface area contributed by atoms with Crippen LogP contribution in [-0.2, 0) is 20.9 Å². The van der Waals surface area contributed by atoms with E-state index < -0.39 is 18.0 Å². The van der Waals surface area contributed by atoms with Crippen LogP contribution < -0.4 is 0 Å². The number of amides is 2. The molecule has 2 aliphatic rings. The van der Waals surface area contributed by atoms with Crippen LogP contribution in [-0.4, -0.2) is 82.8 Å². The van der Waals surface area contributed by atoms with Gasteiger partial charge in [0.2, 0.25) is 5.91 Å². The zero-order valence-corrected chi connectivity index (χ0v) is 17.0. The van der Waals surface area contributed by atoms with Crippen LogP contribution in [0, 0.1) is 12.7 Å². The number of carbonyl (C=O) groups excluding carboxylic acids is 2. The van der Waals surface area contributed by atoms with Gasteiger partial charge in [0.15, 0.2) is 6.10 Å². The van der Waals surface area contributed by atoms with E-state index in [4.69, 9.17) is 9.37 Å². The zero-order chi connectivity index (χ0) is 21.3. The number of rotatable bonds is 4. The first kappa shape index (κ1) is 20.4. The summed E-state index contributed by atoms with van der Waals surface area (Å²) in [6.07, 6.45) is -0.946. The maximum absolute atomic E-state index is 14.5. The number of hydrogen-bond acceptors (Lipinski definition) is 7. The van der Waals surface area contributed by atoms with E-state index in [1.54, 1.807) is 30.1 Å². The molecule has 0 aliphatic carbocycles. The summed E-state index contributed by atoms with van der Waals surface area (Å²) < 4.78 is 24.8. The third kappa shape index (κ3) is 3.92. The normalized spacial score (nSPS) is 23.1. The van der Waals surface area contributed by atoms with Crippen LogP contribution >= 0.6 is 0 Å². The molecule has 1 aromatic carbocycles. The van der Waals surface area contributed by atoms with E-state index in [1.165, 1.54) is 11.0 Å². The summed E-state index contributed by atoms with van der Waals surface area (Å²) in [5.41, 5.74) is 1.81. The van der Waals surface area contributed by atoms with Gasteiger partial charge in [-0.1, -0.05) is 28.5 Å². The summed E-state index contributed by atoms with van der Waals surface area (Å²) in [6.45, 7) is 4.57. The third-order valence-corrected chi connectivity index (χ3v) is 5.75. The monoisotopic (exact) mass is 417 g/mol. The summed E-state index contributed by atoms with van der Waals surface area (Å²) >= 11 is 0. The Labute approximate surface area is 173 Å². The van der Waals surface area contributed by atoms with Crippen molar-refractivity contribution in [3.05, 3.63) is 47.0 Å². The molecular weight excluding hydrogens is 393 g/mol. The Hall–Kier alpha value is -2.85. The lowest BCUT2D eigenvalue weighted by molar-refractivity contribution is -0.168. The van der Waals surface area contributed by atoms with Gasteiger partial charge in [0.1, 0.15) is 23.8 Å². The summed E-state index contributed by atoms with van der Waals surface area (Å²) in [5.74, 6) is -0.984. The van der Waals surface area contributed by atoms with E-state index in [9.17, 15) is 14.0 Å². The topological polar surface area (TPSA) is 92.0 Å². The van der Waals surface area contributed by atoms with Crippen molar-refractivity contribution in [3.63, 3.8) is 0 Å². The number of benzene rings is 1. The van der Waals surface area contributed by atoms with Gasteiger partial charge in [0, 0.05) is 45.3 Å². The highest BCUT2D eigenvalue weighted by atomic mass is 19.1. The number of morpholine rings is 1. The lowest BCUT2D eigenvalue weighted by Crippen LogP contribution is -2.57. The van der Waals surface area contributed by atoms with Crippen LogP contribution in [0.5, 0.6) is 0 Å². The molecule has 2 amide bonds. The Morgan fingerprint density at radius 2 is 1.93 bits per heavy atom. The maximum Gasteiger partial charge on any atom is 0.254 e. The van der Waals surface area contributed by atoms with Gasteiger partial charge in [-0.2, -0.15) is 0 Å². The molecule has 0 N–H and O–H groups in total. The van der Waals surface area contributed by atoms with Gasteiger partial charge in [0.05, 0.1) is 6.04 Å². The Kier molecular flexibility index (Phi) is 5.78. The second-order valence-electron chi connectivity index (χ2n) is 7.60. The lowest BCUT2D eigenvalue weighted by atomic mass is 9.96. The van der Waals surface area contributed by atoms with E-state index >= 15 is 0 Å². The molecule has 4 rings (SSSR count). The second-order valence-corrected chi connectivity index (χ2v) is 7.60. The first-order valence-corrected chi connectivity index (χ1v) is 9.86. The van der Waals surface area contributed by atoms with Gasteiger partial charge in [-0.05, 0) is 13.0 Å². The highest BCUT2D eigenvalue weighted by Gasteiger charge is 2.43. The minimum atomic E-state index is -0.946. The Morgan fingerprint density at radius 3 is 2.60 bits per heavy atom. The molecule has 0 bridgehead atoms. The van der Waals surface area contributed by atoms with Gasteiger partial charge in [0.25, 0.3) is 5.91 Å². The molecule has 2 unspecified atom stereocenters. The van der Waals surface area contributed by atoms with Crippen LogP contribution in [0.15, 0.2) is 28.9 Å². The third-order valence-electron chi connectivity index (χ3n) is 5.75. The Bertz CT molecular complexity index is 927. The van der Waals surface area contributed by atoms with Crippen LogP contribution in [0.2, 0.25) is 0 Å². The number of hydrogen-bond donors (Lipinski definition) is 0. The van der Waals surface area contributed by atoms with Crippen LogP contribution in [0.4, 0.5) is 4.39 Å². The van der Waals surface area contributed by atoms with E-state index in [0.29, 0.717) is 32.7 Å². The van der Waals surface area contributed by atoms with E-state index in [2.05, 4.69) is 15.2 Å². The summed E-state index contributed by atoms with van der Waals surface area (Å²) in [4.78, 5) is 30.7. The van der Waals surface area contributed by atoms with Gasteiger partial charge in [-0.25, -0.2) is 9.02 Å². The van der Waals surface area contributed by atoms with Crippen molar-refractivity contribution in [2.45, 2.75) is 25.6 Å². The summed E-state index contributed by atoms with van der Waals surface area (Å²) in [6, 6.07) is 5.37. The quantitative estimate of drug-likeness (QED) is 0.725. The number of piperazine rings is 1. The minimum Gasteiger partial charge on any atom is -0.356 e. The standard InChI is InChI=1S/C20H24FN5O4/c1-13-16(23-30-22-13)11-25-7-9-26(10-8-25)20(28)19-18(24(2)17(27)12-29-19)14-5-3-4-6-15(14)21/h3-6,18-19H,7-12H2,1-2H3. The van der Waals surface area contributed by atoms with Gasteiger partial charge in [-0.3, -0.25) is 14.5 Å². The molecule has 9 nitrogen and oxygen atoms in total. The first-order chi connectivity index (χ1) is 14.5. The summed E-state index contributed by atoms with van der Waals surface area (Å²) in [5, 5.41) is 7.69. The van der Waals surface area contributed by atoms with E-state index in [0.717, 1.165) is 11.4 Å². The highest BCUT2D eigenvalue weighted by molar-refractivity contribution is 5.86. The minimum absolute atomic E-state index is 0.198. The fraction of sp³-hybridized carbons (Fsp3) is 0.500. The molecule has 0 radical (unpaired) electrons. The molecule has 30 heavy (non-hydrogen) atoms. The van der Waals surface area contributed by atoms with Crippen molar-refractivity contribution >= 4 is 11.8 Å². The number of aromatic nitrogens is 2. The zero-order valence-electron chi connectivity index (χ0n) is 17.0. The molecule has 0 saturated carbocycles. The van der Waals surface area contributed by atoms with Crippen LogP contribution in [0.25, 0.3) is 0 Å². The molecule has 2 aromatic rings. The molecule has 2 atom stereocenters. The highest BCUT2D eigenvalue weighted by Crippen LogP contribution is 2.32. The molecular formula is C20H24FN5O4. The molecule has 0 spiro atoms. The van der Waals surface area contributed by atoms with Crippen LogP contribution in [0.3, 0.4) is 0 Å². The fourth-order valence-corrected chi connectivity index (χ4v) is 3.92. The number of carbonyl (C=O) groups is 2. The van der Waals surface area contributed by atoms with Crippen molar-refractivity contribution in [1.29, 1.82) is 0 Å². The average Bonchev–Trinajstić information content (AvgIpc) is 3.15. The fourth-order valence-electron chi connectivity index (χ4n) is 3.92. The molecule has 1 aromatic heterocycles. The summed E-state index contributed by atoms with van der Waals surface area (Å²) in [7, 11) is 1.58. The number of likely N-dealkylation sites (N-methyl/N-ethyl adjacent to an activating group) is 1. The number of aryl methyl sites for hydroxylation is 1. The Morgan fingerprint density at radius 1 is 1.20 bits per heavy atom. The lowest BCUT2D eigenvalue weighted by Gasteiger charge is -2.42. The van der Waals surface area contributed by atoms with Crippen molar-refractivity contribution in [1.82, 2.24) is 25.0 Å². The number of ether oxygens (including phenoxy) is 1. The molecule has 2 saturated heterocycles. The molecule has 160 valence electrons. The molecule has 2 aliphatic heterocycles. The number of nitrogens with zero attached hydrogens (tertiary/aromatic N) is 5. The largest absolute Gasteiger partial charge is 0.356 e. The van der Waals surface area contributed by atoms with E-state index in [1.807, 2.05) is 6.92 Å². The molecule has 2 fully saturated rings. The van der Waals surface area contributed by atoms with Crippen molar-refractivity contribution in [3.8, 4) is 0 Å². The molecule has 10 heteroatoms. The van der Waals surface area contributed by atoms with Gasteiger partial charge in [-0.15, -0.1) is 0 Å². The second kappa shape index (κ2) is 8.49. The Balaban J connectivity index is 1.46. The van der Waals surface area contributed by atoms with Crippen LogP contribution in [0.1, 0.15) is 23.0 Å².